The van der Waals surface area contributed by atoms with Gasteiger partial charge in [-0.25, -0.2) is 0 Å². The summed E-state index contributed by atoms with van der Waals surface area (Å²) in [6, 6.07) is 6.21. The number of aromatic nitrogens is 2. The Labute approximate surface area is 131 Å². The molecule has 3 rings (SSSR count). The van der Waals surface area contributed by atoms with E-state index in [0.717, 1.165) is 5.69 Å². The van der Waals surface area contributed by atoms with Gasteiger partial charge in [-0.15, -0.1) is 0 Å². The van der Waals surface area contributed by atoms with Crippen LogP contribution in [0, 0.1) is 5.41 Å². The highest BCUT2D eigenvalue weighted by atomic mass is 16.1. The van der Waals surface area contributed by atoms with Crippen LogP contribution in [0.2, 0.25) is 0 Å². The van der Waals surface area contributed by atoms with Crippen molar-refractivity contribution in [1.82, 2.24) is 10.2 Å². The minimum absolute atomic E-state index is 0.0676. The number of carbonyl (C=O) groups is 1. The Hall–Kier alpha value is -2.10. The monoisotopic (exact) mass is 297 g/mol. The molecule has 1 unspecified atom stereocenters. The number of nitrogens with zero attached hydrogens (tertiary/aromatic N) is 1. The SMILES string of the molecule is CC1c2c(NC(=O)c3cn[nH]c3)cccc2C(C)(C)C1(C)C. The summed E-state index contributed by atoms with van der Waals surface area (Å²) < 4.78 is 0. The maximum atomic E-state index is 12.3. The molecule has 0 aliphatic heterocycles. The molecule has 4 nitrogen and oxygen atoms in total. The van der Waals surface area contributed by atoms with E-state index < -0.39 is 0 Å². The van der Waals surface area contributed by atoms with Crippen LogP contribution >= 0.6 is 0 Å². The van der Waals surface area contributed by atoms with Gasteiger partial charge in [0.15, 0.2) is 0 Å². The van der Waals surface area contributed by atoms with Crippen LogP contribution < -0.4 is 5.32 Å². The van der Waals surface area contributed by atoms with E-state index in [4.69, 9.17) is 0 Å². The van der Waals surface area contributed by atoms with Crippen molar-refractivity contribution in [3.63, 3.8) is 0 Å². The molecule has 0 bridgehead atoms. The number of nitrogens with one attached hydrogen (secondary N) is 2. The van der Waals surface area contributed by atoms with Crippen LogP contribution in [0.1, 0.15) is 62.0 Å². The lowest BCUT2D eigenvalue weighted by atomic mass is 9.65. The number of H-pyrrole nitrogens is 1. The van der Waals surface area contributed by atoms with Crippen LogP contribution in [0.15, 0.2) is 30.6 Å². The fourth-order valence-electron chi connectivity index (χ4n) is 3.50. The molecule has 4 heteroatoms. The summed E-state index contributed by atoms with van der Waals surface area (Å²) in [7, 11) is 0. The first kappa shape index (κ1) is 14.8. The third-order valence-corrected chi connectivity index (χ3v) is 5.91. The quantitative estimate of drug-likeness (QED) is 0.877. The molecule has 0 fully saturated rings. The smallest absolute Gasteiger partial charge is 0.258 e. The molecule has 0 radical (unpaired) electrons. The van der Waals surface area contributed by atoms with Crippen LogP contribution in [0.3, 0.4) is 0 Å². The number of carbonyl (C=O) groups excluding carboxylic acids is 1. The molecular weight excluding hydrogens is 274 g/mol. The number of anilines is 1. The van der Waals surface area contributed by atoms with E-state index in [9.17, 15) is 4.79 Å². The van der Waals surface area contributed by atoms with Crippen molar-refractivity contribution in [2.24, 2.45) is 5.41 Å². The van der Waals surface area contributed by atoms with Crippen LogP contribution in [-0.2, 0) is 5.41 Å². The van der Waals surface area contributed by atoms with E-state index in [1.165, 1.54) is 17.3 Å². The number of benzene rings is 1. The molecule has 1 aromatic heterocycles. The van der Waals surface area contributed by atoms with Gasteiger partial charge in [-0.3, -0.25) is 9.89 Å². The highest BCUT2D eigenvalue weighted by Crippen LogP contribution is 2.59. The summed E-state index contributed by atoms with van der Waals surface area (Å²) in [6.45, 7) is 11.4. The minimum Gasteiger partial charge on any atom is -0.322 e. The number of amides is 1. The summed E-state index contributed by atoms with van der Waals surface area (Å²) in [5, 5.41) is 9.56. The number of hydrogen-bond acceptors (Lipinski definition) is 2. The third-order valence-electron chi connectivity index (χ3n) is 5.91. The second-order valence-electron chi connectivity index (χ2n) is 7.28. The standard InChI is InChI=1S/C18H23N3O/c1-11-15-13(18(4,5)17(11,2)3)7-6-8-14(15)21-16(22)12-9-19-20-10-12/h6-11H,1-5H3,(H,19,20)(H,21,22). The molecular formula is C18H23N3O. The topological polar surface area (TPSA) is 57.8 Å². The van der Waals surface area contributed by atoms with E-state index in [1.54, 1.807) is 6.20 Å². The zero-order valence-corrected chi connectivity index (χ0v) is 13.8. The van der Waals surface area contributed by atoms with Gasteiger partial charge >= 0.3 is 0 Å². The first-order valence-corrected chi connectivity index (χ1v) is 7.70. The predicted octanol–water partition coefficient (Wildman–Crippen LogP) is 4.08. The maximum absolute atomic E-state index is 12.3. The van der Waals surface area contributed by atoms with Gasteiger partial charge in [-0.05, 0) is 33.9 Å². The Morgan fingerprint density at radius 2 is 2.00 bits per heavy atom. The van der Waals surface area contributed by atoms with Gasteiger partial charge in [0.2, 0.25) is 0 Å². The highest BCUT2D eigenvalue weighted by molar-refractivity contribution is 6.04. The summed E-state index contributed by atoms with van der Waals surface area (Å²) in [6.07, 6.45) is 3.14. The molecule has 22 heavy (non-hydrogen) atoms. The summed E-state index contributed by atoms with van der Waals surface area (Å²) in [5.41, 5.74) is 4.24. The van der Waals surface area contributed by atoms with E-state index >= 15 is 0 Å². The Kier molecular flexibility index (Phi) is 3.17. The summed E-state index contributed by atoms with van der Waals surface area (Å²) >= 11 is 0. The summed E-state index contributed by atoms with van der Waals surface area (Å²) in [5.74, 6) is 0.246. The zero-order valence-electron chi connectivity index (χ0n) is 13.8. The number of fused-ring (bicyclic) bond motifs is 1. The van der Waals surface area contributed by atoms with Crippen LogP contribution in [0.5, 0.6) is 0 Å². The van der Waals surface area contributed by atoms with Crippen molar-refractivity contribution >= 4 is 11.6 Å². The highest BCUT2D eigenvalue weighted by Gasteiger charge is 2.51. The van der Waals surface area contributed by atoms with Gasteiger partial charge in [0, 0.05) is 11.9 Å². The molecule has 1 atom stereocenters. The Morgan fingerprint density at radius 3 is 2.64 bits per heavy atom. The lowest BCUT2D eigenvalue weighted by molar-refractivity contribution is 0.102. The normalized spacial score (nSPS) is 21.4. The molecule has 0 saturated carbocycles. The third kappa shape index (κ3) is 1.90. The van der Waals surface area contributed by atoms with Gasteiger partial charge in [-0.2, -0.15) is 5.10 Å². The molecule has 2 aromatic rings. The van der Waals surface area contributed by atoms with Crippen molar-refractivity contribution in [2.75, 3.05) is 5.32 Å². The van der Waals surface area contributed by atoms with Crippen LogP contribution in [0.4, 0.5) is 5.69 Å². The van der Waals surface area contributed by atoms with E-state index in [-0.39, 0.29) is 16.7 Å². The van der Waals surface area contributed by atoms with Gasteiger partial charge in [0.1, 0.15) is 0 Å². The number of rotatable bonds is 2. The molecule has 116 valence electrons. The number of aromatic amines is 1. The van der Waals surface area contributed by atoms with Crippen molar-refractivity contribution in [3.8, 4) is 0 Å². The molecule has 1 aromatic carbocycles. The summed E-state index contributed by atoms with van der Waals surface area (Å²) in [4.78, 5) is 12.3. The molecule has 1 aliphatic rings. The maximum Gasteiger partial charge on any atom is 0.258 e. The Bertz CT molecular complexity index is 714. The fourth-order valence-corrected chi connectivity index (χ4v) is 3.50. The second kappa shape index (κ2) is 4.70. The zero-order chi connectivity index (χ0) is 16.1. The fraction of sp³-hybridized carbons (Fsp3) is 0.444. The first-order chi connectivity index (χ1) is 10.3. The Morgan fingerprint density at radius 1 is 1.27 bits per heavy atom. The molecule has 1 aliphatic carbocycles. The van der Waals surface area contributed by atoms with Gasteiger partial charge in [0.25, 0.3) is 5.91 Å². The van der Waals surface area contributed by atoms with Crippen molar-refractivity contribution in [2.45, 2.75) is 46.0 Å². The van der Waals surface area contributed by atoms with Crippen molar-refractivity contribution < 1.29 is 4.79 Å². The van der Waals surface area contributed by atoms with Gasteiger partial charge in [0.05, 0.1) is 11.8 Å². The Balaban J connectivity index is 2.04. The lowest BCUT2D eigenvalue weighted by Gasteiger charge is -2.38. The van der Waals surface area contributed by atoms with E-state index in [2.05, 4.69) is 56.2 Å². The van der Waals surface area contributed by atoms with Crippen LogP contribution in [0.25, 0.3) is 0 Å². The van der Waals surface area contributed by atoms with Gasteiger partial charge in [-0.1, -0.05) is 46.8 Å². The molecule has 1 amide bonds. The van der Waals surface area contributed by atoms with Gasteiger partial charge < -0.3 is 5.32 Å². The molecule has 2 N–H and O–H groups in total. The largest absolute Gasteiger partial charge is 0.322 e. The molecule has 1 heterocycles. The average molecular weight is 297 g/mol. The van der Waals surface area contributed by atoms with Crippen molar-refractivity contribution in [3.05, 3.63) is 47.3 Å². The van der Waals surface area contributed by atoms with E-state index in [1.807, 2.05) is 12.1 Å². The van der Waals surface area contributed by atoms with Crippen molar-refractivity contribution in [1.29, 1.82) is 0 Å². The minimum atomic E-state index is -0.128. The van der Waals surface area contributed by atoms with E-state index in [0.29, 0.717) is 11.5 Å². The van der Waals surface area contributed by atoms with Crippen LogP contribution in [-0.4, -0.2) is 16.1 Å². The average Bonchev–Trinajstić information content (AvgIpc) is 3.03. The number of hydrogen-bond donors (Lipinski definition) is 2. The molecule has 0 saturated heterocycles. The lowest BCUT2D eigenvalue weighted by Crippen LogP contribution is -2.33. The second-order valence-corrected chi connectivity index (χ2v) is 7.28. The first-order valence-electron chi connectivity index (χ1n) is 7.70. The molecule has 0 spiro atoms. The predicted molar refractivity (Wildman–Crippen MR) is 88.2 cm³/mol.